The predicted octanol–water partition coefficient (Wildman–Crippen LogP) is 2.91. The van der Waals surface area contributed by atoms with Gasteiger partial charge in [-0.15, -0.1) is 0 Å². The number of nitrogens with one attached hydrogen (secondary N) is 1. The zero-order valence-electron chi connectivity index (χ0n) is 14.0. The minimum Gasteiger partial charge on any atom is -0.490 e. The van der Waals surface area contributed by atoms with Crippen LogP contribution in [0.4, 0.5) is 5.69 Å². The van der Waals surface area contributed by atoms with Crippen molar-refractivity contribution in [2.24, 2.45) is 0 Å². The minimum absolute atomic E-state index is 0.220. The molecular weight excluding hydrogens is 491 g/mol. The second-order valence-electron chi connectivity index (χ2n) is 5.37. The van der Waals surface area contributed by atoms with E-state index in [0.29, 0.717) is 16.5 Å². The van der Waals surface area contributed by atoms with Crippen LogP contribution in [-0.2, 0) is 14.8 Å². The highest BCUT2D eigenvalue weighted by atomic mass is 127. The minimum atomic E-state index is -3.58. The molecule has 2 aromatic rings. The molecule has 1 N–H and O–H groups in total. The monoisotopic (exact) mass is 508 g/mol. The van der Waals surface area contributed by atoms with Crippen molar-refractivity contribution in [1.82, 2.24) is 5.32 Å². The molecule has 0 spiro atoms. The molecule has 0 saturated carbocycles. The first-order valence-electron chi connectivity index (χ1n) is 7.64. The molecule has 0 aliphatic rings. The van der Waals surface area contributed by atoms with Gasteiger partial charge in [0.15, 0.2) is 0 Å². The molecule has 0 aliphatic carbocycles. The number of halogens is 2. The maximum Gasteiger partial charge on any atom is 0.240 e. The van der Waals surface area contributed by atoms with E-state index in [1.165, 1.54) is 0 Å². The van der Waals surface area contributed by atoms with Gasteiger partial charge >= 0.3 is 0 Å². The molecule has 140 valence electrons. The standard InChI is InChI=1S/C17H18ClIN2O4S/c1-26(23,24)21(14-8-6-13(19)7-9-14)12-17(22)20-10-11-25-16-5-3-2-4-15(16)18/h2-9H,10-12H2,1H3,(H,20,22). The molecule has 2 aromatic carbocycles. The maximum absolute atomic E-state index is 12.1. The Balaban J connectivity index is 1.89. The summed E-state index contributed by atoms with van der Waals surface area (Å²) >= 11 is 8.10. The first-order valence-corrected chi connectivity index (χ1v) is 10.9. The Labute approximate surface area is 171 Å². The van der Waals surface area contributed by atoms with Crippen molar-refractivity contribution in [2.75, 3.05) is 30.3 Å². The van der Waals surface area contributed by atoms with Crippen molar-refractivity contribution >= 4 is 55.8 Å². The topological polar surface area (TPSA) is 75.7 Å². The summed E-state index contributed by atoms with van der Waals surface area (Å²) in [6.07, 6.45) is 1.07. The first kappa shape index (κ1) is 20.8. The molecule has 0 radical (unpaired) electrons. The SMILES string of the molecule is CS(=O)(=O)N(CC(=O)NCCOc1ccccc1Cl)c1ccc(I)cc1. The lowest BCUT2D eigenvalue weighted by molar-refractivity contribution is -0.119. The van der Waals surface area contributed by atoms with Crippen molar-refractivity contribution in [3.8, 4) is 5.75 Å². The summed E-state index contributed by atoms with van der Waals surface area (Å²) < 4.78 is 31.5. The third kappa shape index (κ3) is 6.33. The van der Waals surface area contributed by atoms with Crippen molar-refractivity contribution in [3.05, 3.63) is 57.1 Å². The summed E-state index contributed by atoms with van der Waals surface area (Å²) in [7, 11) is -3.58. The molecule has 0 fully saturated rings. The largest absolute Gasteiger partial charge is 0.490 e. The predicted molar refractivity (Wildman–Crippen MR) is 111 cm³/mol. The summed E-state index contributed by atoms with van der Waals surface area (Å²) in [5.74, 6) is 0.108. The molecule has 6 nitrogen and oxygen atoms in total. The average Bonchev–Trinajstić information content (AvgIpc) is 2.58. The van der Waals surface area contributed by atoms with Gasteiger partial charge in [-0.2, -0.15) is 0 Å². The van der Waals surface area contributed by atoms with Crippen molar-refractivity contribution in [3.63, 3.8) is 0 Å². The zero-order valence-corrected chi connectivity index (χ0v) is 17.7. The summed E-state index contributed by atoms with van der Waals surface area (Å²) in [5, 5.41) is 3.13. The van der Waals surface area contributed by atoms with Crippen LogP contribution in [0.5, 0.6) is 5.75 Å². The van der Waals surface area contributed by atoms with Crippen LogP contribution < -0.4 is 14.4 Å². The number of carbonyl (C=O) groups excluding carboxylic acids is 1. The number of anilines is 1. The van der Waals surface area contributed by atoms with Gasteiger partial charge in [-0.25, -0.2) is 8.42 Å². The Hall–Kier alpha value is -1.52. The second-order valence-corrected chi connectivity index (χ2v) is 8.93. The van der Waals surface area contributed by atoms with Crippen molar-refractivity contribution < 1.29 is 17.9 Å². The third-order valence-electron chi connectivity index (χ3n) is 3.32. The summed E-state index contributed by atoms with van der Waals surface area (Å²) in [6.45, 7) is 0.151. The number of hydrogen-bond acceptors (Lipinski definition) is 4. The Kier molecular flexibility index (Phi) is 7.54. The summed E-state index contributed by atoms with van der Waals surface area (Å²) in [6, 6.07) is 13.9. The van der Waals surface area contributed by atoms with Gasteiger partial charge in [-0.05, 0) is 59.0 Å². The smallest absolute Gasteiger partial charge is 0.240 e. The van der Waals surface area contributed by atoms with Gasteiger partial charge in [0.25, 0.3) is 0 Å². The molecule has 0 saturated heterocycles. The van der Waals surface area contributed by atoms with Crippen molar-refractivity contribution in [1.29, 1.82) is 0 Å². The normalized spacial score (nSPS) is 11.0. The van der Waals surface area contributed by atoms with E-state index in [4.69, 9.17) is 16.3 Å². The molecule has 0 heterocycles. The molecule has 0 aliphatic heterocycles. The fourth-order valence-corrected chi connectivity index (χ4v) is 3.51. The molecule has 0 bridgehead atoms. The number of sulfonamides is 1. The average molecular weight is 509 g/mol. The highest BCUT2D eigenvalue weighted by molar-refractivity contribution is 14.1. The van der Waals surface area contributed by atoms with Crippen LogP contribution in [0.2, 0.25) is 5.02 Å². The molecule has 1 amide bonds. The fraction of sp³-hybridized carbons (Fsp3) is 0.235. The number of ether oxygens (including phenoxy) is 1. The van der Waals surface area contributed by atoms with Crippen LogP contribution in [-0.4, -0.2) is 40.3 Å². The van der Waals surface area contributed by atoms with E-state index < -0.39 is 15.9 Å². The molecule has 0 atom stereocenters. The van der Waals surface area contributed by atoms with Gasteiger partial charge in [0, 0.05) is 3.57 Å². The van der Waals surface area contributed by atoms with E-state index >= 15 is 0 Å². The van der Waals surface area contributed by atoms with Crippen LogP contribution in [0.15, 0.2) is 48.5 Å². The Bertz CT molecular complexity index is 859. The van der Waals surface area contributed by atoms with Crippen molar-refractivity contribution in [2.45, 2.75) is 0 Å². The van der Waals surface area contributed by atoms with Gasteiger partial charge in [-0.1, -0.05) is 23.7 Å². The van der Waals surface area contributed by atoms with E-state index in [2.05, 4.69) is 27.9 Å². The fourth-order valence-electron chi connectivity index (χ4n) is 2.11. The molecule has 2 rings (SSSR count). The van der Waals surface area contributed by atoms with Crippen LogP contribution in [0.1, 0.15) is 0 Å². The Morgan fingerprint density at radius 2 is 1.85 bits per heavy atom. The van der Waals surface area contributed by atoms with Crippen LogP contribution in [0, 0.1) is 3.57 Å². The molecule has 0 aromatic heterocycles. The lowest BCUT2D eigenvalue weighted by atomic mass is 10.3. The first-order chi connectivity index (χ1) is 12.3. The van der Waals surface area contributed by atoms with E-state index in [1.54, 1.807) is 48.5 Å². The molecule has 9 heteroatoms. The van der Waals surface area contributed by atoms with Crippen LogP contribution in [0.25, 0.3) is 0 Å². The second kappa shape index (κ2) is 9.43. The van der Waals surface area contributed by atoms with Gasteiger partial charge in [0.2, 0.25) is 15.9 Å². The number of rotatable bonds is 8. The van der Waals surface area contributed by atoms with E-state index in [9.17, 15) is 13.2 Å². The lowest BCUT2D eigenvalue weighted by Crippen LogP contribution is -2.41. The van der Waals surface area contributed by atoms with Gasteiger partial charge in [0.1, 0.15) is 18.9 Å². The van der Waals surface area contributed by atoms with Gasteiger partial charge in [0.05, 0.1) is 23.5 Å². The number of benzene rings is 2. The summed E-state index contributed by atoms with van der Waals surface area (Å²) in [5.41, 5.74) is 0.440. The number of carbonyl (C=O) groups is 1. The Morgan fingerprint density at radius 3 is 2.46 bits per heavy atom. The van der Waals surface area contributed by atoms with Gasteiger partial charge in [-0.3, -0.25) is 9.10 Å². The number of para-hydroxylation sites is 1. The number of amides is 1. The summed E-state index contributed by atoms with van der Waals surface area (Å²) in [4.78, 5) is 12.1. The number of hydrogen-bond donors (Lipinski definition) is 1. The van der Waals surface area contributed by atoms with Crippen LogP contribution >= 0.6 is 34.2 Å². The lowest BCUT2D eigenvalue weighted by Gasteiger charge is -2.22. The molecule has 0 unspecified atom stereocenters. The highest BCUT2D eigenvalue weighted by Crippen LogP contribution is 2.22. The molecular formula is C17H18ClIN2O4S. The Morgan fingerprint density at radius 1 is 1.19 bits per heavy atom. The zero-order chi connectivity index (χ0) is 19.2. The quantitative estimate of drug-likeness (QED) is 0.440. The highest BCUT2D eigenvalue weighted by Gasteiger charge is 2.20. The van der Waals surface area contributed by atoms with E-state index in [0.717, 1.165) is 14.1 Å². The van der Waals surface area contributed by atoms with Gasteiger partial charge < -0.3 is 10.1 Å². The van der Waals surface area contributed by atoms with E-state index in [1.807, 2.05) is 0 Å². The third-order valence-corrected chi connectivity index (χ3v) is 5.49. The van der Waals surface area contributed by atoms with Crippen LogP contribution in [0.3, 0.4) is 0 Å². The van der Waals surface area contributed by atoms with E-state index in [-0.39, 0.29) is 19.7 Å². The molecule has 26 heavy (non-hydrogen) atoms. The number of nitrogens with zero attached hydrogens (tertiary/aromatic N) is 1. The maximum atomic E-state index is 12.1.